The molecule has 0 bridgehead atoms. The van der Waals surface area contributed by atoms with E-state index < -0.39 is 11.9 Å². The van der Waals surface area contributed by atoms with Crippen molar-refractivity contribution in [2.75, 3.05) is 12.3 Å². The van der Waals surface area contributed by atoms with Gasteiger partial charge in [-0.25, -0.2) is 0 Å². The number of anilines is 1. The van der Waals surface area contributed by atoms with Crippen LogP contribution in [0, 0.1) is 0 Å². The number of nitrogens with two attached hydrogens (primary N) is 2. The minimum absolute atomic E-state index is 0.0416. The zero-order valence-corrected chi connectivity index (χ0v) is 16.7. The molecule has 1 unspecified atom stereocenters. The van der Waals surface area contributed by atoms with Gasteiger partial charge < -0.3 is 16.4 Å². The van der Waals surface area contributed by atoms with Gasteiger partial charge in [0.1, 0.15) is 6.04 Å². The van der Waals surface area contributed by atoms with E-state index in [0.29, 0.717) is 25.1 Å². The van der Waals surface area contributed by atoms with Gasteiger partial charge in [-0.3, -0.25) is 9.59 Å². The summed E-state index contributed by atoms with van der Waals surface area (Å²) in [5.41, 5.74) is 13.0. The number of primary amides is 1. The van der Waals surface area contributed by atoms with E-state index in [2.05, 4.69) is 47.8 Å². The van der Waals surface area contributed by atoms with Crippen LogP contribution in [0.4, 0.5) is 5.69 Å². The molecule has 4 N–H and O–H groups in total. The average Bonchev–Trinajstić information content (AvgIpc) is 2.78. The maximum atomic E-state index is 12.3. The van der Waals surface area contributed by atoms with E-state index in [1.54, 1.807) is 4.90 Å². The number of rotatable bonds is 4. The van der Waals surface area contributed by atoms with Crippen molar-refractivity contribution in [3.05, 3.63) is 25.0 Å². The molecule has 1 aromatic rings. The van der Waals surface area contributed by atoms with Gasteiger partial charge in [0.15, 0.2) is 0 Å². The molecule has 8 heteroatoms. The third kappa shape index (κ3) is 3.19. The van der Waals surface area contributed by atoms with Gasteiger partial charge in [-0.1, -0.05) is 22.9 Å². The van der Waals surface area contributed by atoms with Gasteiger partial charge >= 0.3 is 0 Å². The summed E-state index contributed by atoms with van der Waals surface area (Å²) in [6.07, 6.45) is 0.848. The fraction of sp³-hybridized carbons (Fsp3) is 0.429. The number of nitrogen functional groups attached to an aromatic ring is 1. The summed E-state index contributed by atoms with van der Waals surface area (Å²) in [5, 5.41) is 0. The number of likely N-dealkylation sites (tertiary alicyclic amines) is 1. The number of carbonyl (C=O) groups excluding carboxylic acids is 2. The molecule has 22 heavy (non-hydrogen) atoms. The Bertz CT molecular complexity index is 636. The second-order valence-corrected chi connectivity index (χ2v) is 7.76. The molecule has 1 aliphatic rings. The van der Waals surface area contributed by atoms with Crippen LogP contribution in [-0.2, 0) is 9.59 Å². The highest BCUT2D eigenvalue weighted by Gasteiger charge is 2.38. The van der Waals surface area contributed by atoms with Crippen molar-refractivity contribution in [2.24, 2.45) is 5.73 Å². The van der Waals surface area contributed by atoms with Gasteiger partial charge in [0.25, 0.3) is 0 Å². The average molecular weight is 498 g/mol. The normalized spacial score (nSPS) is 19.5. The highest BCUT2D eigenvalue weighted by Crippen LogP contribution is 2.43. The van der Waals surface area contributed by atoms with Crippen LogP contribution in [0.3, 0.4) is 0 Å². The molecular formula is C14H16Br3N3O2. The van der Waals surface area contributed by atoms with Crippen molar-refractivity contribution in [1.82, 2.24) is 4.90 Å². The first-order valence-corrected chi connectivity index (χ1v) is 9.17. The second-order valence-electron chi connectivity index (χ2n) is 5.26. The monoisotopic (exact) mass is 495 g/mol. The van der Waals surface area contributed by atoms with Crippen molar-refractivity contribution in [3.63, 3.8) is 0 Å². The SMILES string of the molecule is CC[C@@H](C(N)=O)N1CC(c2c(Br)cc(Br)c(N)c2Br)CC1=O. The van der Waals surface area contributed by atoms with E-state index in [0.717, 1.165) is 19.0 Å². The molecule has 0 spiro atoms. The van der Waals surface area contributed by atoms with Crippen LogP contribution in [0.5, 0.6) is 0 Å². The van der Waals surface area contributed by atoms with Gasteiger partial charge in [-0.05, 0) is 49.9 Å². The molecular weight excluding hydrogens is 482 g/mol. The number of halogens is 3. The molecule has 0 radical (unpaired) electrons. The Labute approximate surface area is 154 Å². The highest BCUT2D eigenvalue weighted by molar-refractivity contribution is 9.11. The first kappa shape index (κ1) is 17.7. The molecule has 2 rings (SSSR count). The lowest BCUT2D eigenvalue weighted by atomic mass is 9.97. The molecule has 2 amide bonds. The molecule has 1 heterocycles. The smallest absolute Gasteiger partial charge is 0.240 e. The largest absolute Gasteiger partial charge is 0.397 e. The molecule has 1 fully saturated rings. The Hall–Kier alpha value is -0.600. The molecule has 0 saturated carbocycles. The zero-order valence-electron chi connectivity index (χ0n) is 11.9. The fourth-order valence-corrected chi connectivity index (χ4v) is 5.57. The van der Waals surface area contributed by atoms with Crippen molar-refractivity contribution >= 4 is 65.3 Å². The summed E-state index contributed by atoms with van der Waals surface area (Å²) in [5.74, 6) is -0.569. The Balaban J connectivity index is 2.36. The third-order valence-electron chi connectivity index (χ3n) is 3.90. The van der Waals surface area contributed by atoms with Crippen molar-refractivity contribution in [1.29, 1.82) is 0 Å². The maximum absolute atomic E-state index is 12.3. The predicted octanol–water partition coefficient (Wildman–Crippen LogP) is 3.14. The van der Waals surface area contributed by atoms with E-state index in [1.165, 1.54) is 0 Å². The van der Waals surface area contributed by atoms with Gasteiger partial charge in [0.2, 0.25) is 11.8 Å². The van der Waals surface area contributed by atoms with E-state index in [4.69, 9.17) is 11.5 Å². The first-order chi connectivity index (χ1) is 10.3. The quantitative estimate of drug-likeness (QED) is 0.626. The van der Waals surface area contributed by atoms with E-state index in [1.807, 2.05) is 13.0 Å². The summed E-state index contributed by atoms with van der Waals surface area (Å²) in [7, 11) is 0. The van der Waals surface area contributed by atoms with Crippen LogP contribution >= 0.6 is 47.8 Å². The minimum atomic E-state index is -0.553. The molecule has 0 aromatic heterocycles. The molecule has 2 atom stereocenters. The molecule has 120 valence electrons. The van der Waals surface area contributed by atoms with Crippen LogP contribution in [0.15, 0.2) is 19.5 Å². The standard InChI is InChI=1S/C14H16Br3N3O2/c1-2-9(14(19)22)20-5-6(3-10(20)21)11-7(15)4-8(16)13(18)12(11)17/h4,6,9H,2-3,5,18H2,1H3,(H2,19,22)/t6?,9-/m0/s1. The molecule has 5 nitrogen and oxygen atoms in total. The summed E-state index contributed by atoms with van der Waals surface area (Å²) >= 11 is 10.4. The molecule has 0 aliphatic carbocycles. The summed E-state index contributed by atoms with van der Waals surface area (Å²) < 4.78 is 2.41. The van der Waals surface area contributed by atoms with Gasteiger partial charge in [-0.15, -0.1) is 0 Å². The number of hydrogen-bond acceptors (Lipinski definition) is 3. The van der Waals surface area contributed by atoms with E-state index >= 15 is 0 Å². The van der Waals surface area contributed by atoms with Crippen LogP contribution in [-0.4, -0.2) is 29.3 Å². The Morgan fingerprint density at radius 2 is 2.05 bits per heavy atom. The zero-order chi connectivity index (χ0) is 16.6. The van der Waals surface area contributed by atoms with Crippen molar-refractivity contribution in [3.8, 4) is 0 Å². The predicted molar refractivity (Wildman–Crippen MR) is 96.3 cm³/mol. The van der Waals surface area contributed by atoms with Crippen LogP contribution in [0.25, 0.3) is 0 Å². The van der Waals surface area contributed by atoms with E-state index in [-0.39, 0.29) is 11.8 Å². The highest BCUT2D eigenvalue weighted by atomic mass is 79.9. The summed E-state index contributed by atoms with van der Waals surface area (Å²) in [6.45, 7) is 2.30. The number of benzene rings is 1. The van der Waals surface area contributed by atoms with Crippen LogP contribution in [0.2, 0.25) is 0 Å². The topological polar surface area (TPSA) is 89.4 Å². The van der Waals surface area contributed by atoms with Gasteiger partial charge in [0, 0.05) is 32.3 Å². The summed E-state index contributed by atoms with van der Waals surface area (Å²) in [6, 6.07) is 1.32. The van der Waals surface area contributed by atoms with Crippen LogP contribution in [0.1, 0.15) is 31.2 Å². The van der Waals surface area contributed by atoms with E-state index in [9.17, 15) is 9.59 Å². The van der Waals surface area contributed by atoms with Gasteiger partial charge in [-0.2, -0.15) is 0 Å². The van der Waals surface area contributed by atoms with Gasteiger partial charge in [0.05, 0.1) is 5.69 Å². The minimum Gasteiger partial charge on any atom is -0.397 e. The number of amides is 2. The van der Waals surface area contributed by atoms with Crippen LogP contribution < -0.4 is 11.5 Å². The van der Waals surface area contributed by atoms with Crippen molar-refractivity contribution in [2.45, 2.75) is 31.7 Å². The van der Waals surface area contributed by atoms with Crippen molar-refractivity contribution < 1.29 is 9.59 Å². The maximum Gasteiger partial charge on any atom is 0.240 e. The number of nitrogens with zero attached hydrogens (tertiary/aromatic N) is 1. The Morgan fingerprint density at radius 1 is 1.41 bits per heavy atom. The Morgan fingerprint density at radius 3 is 2.59 bits per heavy atom. The number of hydrogen-bond donors (Lipinski definition) is 2. The lowest BCUT2D eigenvalue weighted by Crippen LogP contribution is -2.45. The molecule has 1 aromatic carbocycles. The fourth-order valence-electron chi connectivity index (χ4n) is 2.80. The first-order valence-electron chi connectivity index (χ1n) is 6.79. The lowest BCUT2D eigenvalue weighted by molar-refractivity contribution is -0.136. The number of carbonyl (C=O) groups is 2. The Kier molecular flexibility index (Phi) is 5.55. The lowest BCUT2D eigenvalue weighted by Gasteiger charge is -2.25. The summed E-state index contributed by atoms with van der Waals surface area (Å²) in [4.78, 5) is 25.4. The second kappa shape index (κ2) is 6.88. The molecule has 1 saturated heterocycles. The molecule has 1 aliphatic heterocycles. The third-order valence-corrected chi connectivity index (χ3v) is 6.07.